The van der Waals surface area contributed by atoms with Crippen molar-refractivity contribution in [3.05, 3.63) is 53.0 Å². The summed E-state index contributed by atoms with van der Waals surface area (Å²) < 4.78 is 6.50. The molecule has 0 spiro atoms. The number of hydrogen-bond donors (Lipinski definition) is 2. The Bertz CT molecular complexity index is 617. The molecule has 1 unspecified atom stereocenters. The van der Waals surface area contributed by atoms with Crippen LogP contribution < -0.4 is 16.0 Å². The van der Waals surface area contributed by atoms with Crippen LogP contribution in [0.5, 0.6) is 5.75 Å². The standard InChI is InChI=1S/C16H17BrN2O2/c1-2-14(16(20)19-18)21-15-9-8-12(10-13(15)17)11-6-4-3-5-7-11/h3-10,14H,2,18H2,1H3,(H,19,20). The van der Waals surface area contributed by atoms with E-state index in [4.69, 9.17) is 10.6 Å². The summed E-state index contributed by atoms with van der Waals surface area (Å²) in [5.41, 5.74) is 4.31. The molecule has 0 saturated carbocycles. The zero-order valence-electron chi connectivity index (χ0n) is 11.7. The molecule has 0 saturated heterocycles. The van der Waals surface area contributed by atoms with Gasteiger partial charge in [0.1, 0.15) is 5.75 Å². The fourth-order valence-electron chi connectivity index (χ4n) is 1.98. The third-order valence-electron chi connectivity index (χ3n) is 3.11. The molecule has 0 heterocycles. The smallest absolute Gasteiger partial charge is 0.274 e. The predicted octanol–water partition coefficient (Wildman–Crippen LogP) is 3.26. The summed E-state index contributed by atoms with van der Waals surface area (Å²) in [5.74, 6) is 5.43. The Balaban J connectivity index is 2.22. The van der Waals surface area contributed by atoms with Crippen molar-refractivity contribution in [1.82, 2.24) is 5.43 Å². The van der Waals surface area contributed by atoms with Gasteiger partial charge in [0.25, 0.3) is 5.91 Å². The molecule has 21 heavy (non-hydrogen) atoms. The molecule has 2 rings (SSSR count). The Hall–Kier alpha value is -1.85. The van der Waals surface area contributed by atoms with Gasteiger partial charge in [-0.2, -0.15) is 0 Å². The second kappa shape index (κ2) is 7.24. The minimum Gasteiger partial charge on any atom is -0.479 e. The molecule has 0 bridgehead atoms. The van der Waals surface area contributed by atoms with Crippen molar-refractivity contribution in [3.8, 4) is 16.9 Å². The highest BCUT2D eigenvalue weighted by atomic mass is 79.9. The van der Waals surface area contributed by atoms with Crippen LogP contribution in [-0.2, 0) is 4.79 Å². The number of carbonyl (C=O) groups excluding carboxylic acids is 1. The lowest BCUT2D eigenvalue weighted by molar-refractivity contribution is -0.128. The first kappa shape index (κ1) is 15.5. The van der Waals surface area contributed by atoms with E-state index in [0.29, 0.717) is 12.2 Å². The van der Waals surface area contributed by atoms with Gasteiger partial charge in [-0.15, -0.1) is 0 Å². The zero-order chi connectivity index (χ0) is 15.2. The van der Waals surface area contributed by atoms with E-state index in [0.717, 1.165) is 15.6 Å². The summed E-state index contributed by atoms with van der Waals surface area (Å²) >= 11 is 3.49. The first-order valence-electron chi connectivity index (χ1n) is 6.67. The molecule has 0 aliphatic carbocycles. The monoisotopic (exact) mass is 348 g/mol. The van der Waals surface area contributed by atoms with E-state index in [2.05, 4.69) is 21.4 Å². The Morgan fingerprint density at radius 2 is 1.95 bits per heavy atom. The molecule has 5 heteroatoms. The van der Waals surface area contributed by atoms with Crippen molar-refractivity contribution < 1.29 is 9.53 Å². The molecule has 4 nitrogen and oxygen atoms in total. The molecule has 2 aromatic rings. The van der Waals surface area contributed by atoms with E-state index in [-0.39, 0.29) is 5.91 Å². The van der Waals surface area contributed by atoms with Gasteiger partial charge in [-0.3, -0.25) is 10.2 Å². The van der Waals surface area contributed by atoms with Crippen LogP contribution in [0, 0.1) is 0 Å². The topological polar surface area (TPSA) is 64.3 Å². The lowest BCUT2D eigenvalue weighted by Gasteiger charge is -2.17. The highest BCUT2D eigenvalue weighted by molar-refractivity contribution is 9.10. The lowest BCUT2D eigenvalue weighted by atomic mass is 10.1. The average molecular weight is 349 g/mol. The van der Waals surface area contributed by atoms with Crippen LogP contribution in [0.15, 0.2) is 53.0 Å². The molecule has 0 fully saturated rings. The molecule has 0 aliphatic rings. The van der Waals surface area contributed by atoms with Gasteiger partial charge in [0.05, 0.1) is 4.47 Å². The normalized spacial score (nSPS) is 11.8. The molecule has 0 radical (unpaired) electrons. The maximum absolute atomic E-state index is 11.6. The number of hydrogen-bond acceptors (Lipinski definition) is 3. The van der Waals surface area contributed by atoms with Crippen molar-refractivity contribution in [1.29, 1.82) is 0 Å². The number of rotatable bonds is 5. The van der Waals surface area contributed by atoms with Gasteiger partial charge in [-0.25, -0.2) is 5.84 Å². The molecule has 1 atom stereocenters. The SMILES string of the molecule is CCC(Oc1ccc(-c2ccccc2)cc1Br)C(=O)NN. The second-order valence-corrected chi connectivity index (χ2v) is 5.39. The quantitative estimate of drug-likeness (QED) is 0.495. The lowest BCUT2D eigenvalue weighted by Crippen LogP contribution is -2.41. The summed E-state index contributed by atoms with van der Waals surface area (Å²) in [5, 5.41) is 0. The number of benzene rings is 2. The third kappa shape index (κ3) is 3.83. The van der Waals surface area contributed by atoms with Gasteiger partial charge in [-0.1, -0.05) is 43.3 Å². The Morgan fingerprint density at radius 3 is 2.52 bits per heavy atom. The van der Waals surface area contributed by atoms with Crippen LogP contribution in [0.4, 0.5) is 0 Å². The maximum atomic E-state index is 11.6. The van der Waals surface area contributed by atoms with Crippen LogP contribution in [0.3, 0.4) is 0 Å². The van der Waals surface area contributed by atoms with Crippen molar-refractivity contribution >= 4 is 21.8 Å². The van der Waals surface area contributed by atoms with Gasteiger partial charge in [0.2, 0.25) is 0 Å². The molecule has 1 amide bonds. The second-order valence-electron chi connectivity index (χ2n) is 4.53. The number of ether oxygens (including phenoxy) is 1. The predicted molar refractivity (Wildman–Crippen MR) is 86.6 cm³/mol. The minimum absolute atomic E-state index is 0.337. The largest absolute Gasteiger partial charge is 0.479 e. The number of hydrazine groups is 1. The van der Waals surface area contributed by atoms with E-state index in [1.165, 1.54) is 0 Å². The van der Waals surface area contributed by atoms with Gasteiger partial charge in [0, 0.05) is 0 Å². The van der Waals surface area contributed by atoms with Crippen molar-refractivity contribution in [2.45, 2.75) is 19.4 Å². The Labute approximate surface area is 132 Å². The van der Waals surface area contributed by atoms with Crippen LogP contribution >= 0.6 is 15.9 Å². The zero-order valence-corrected chi connectivity index (χ0v) is 13.3. The molecule has 3 N–H and O–H groups in total. The van der Waals surface area contributed by atoms with Crippen LogP contribution in [0.2, 0.25) is 0 Å². The fourth-order valence-corrected chi connectivity index (χ4v) is 2.45. The Morgan fingerprint density at radius 1 is 1.24 bits per heavy atom. The number of amides is 1. The van der Waals surface area contributed by atoms with Gasteiger partial charge in [-0.05, 0) is 45.6 Å². The molecular formula is C16H17BrN2O2. The third-order valence-corrected chi connectivity index (χ3v) is 3.73. The number of carbonyl (C=O) groups is 1. The fraction of sp³-hybridized carbons (Fsp3) is 0.188. The molecule has 110 valence electrons. The van der Waals surface area contributed by atoms with E-state index >= 15 is 0 Å². The first-order valence-corrected chi connectivity index (χ1v) is 7.47. The molecule has 2 aromatic carbocycles. The molecule has 0 aliphatic heterocycles. The first-order chi connectivity index (χ1) is 10.2. The summed E-state index contributed by atoms with van der Waals surface area (Å²) in [6, 6.07) is 15.8. The van der Waals surface area contributed by atoms with Crippen LogP contribution in [0.1, 0.15) is 13.3 Å². The van der Waals surface area contributed by atoms with E-state index in [1.807, 2.05) is 55.5 Å². The number of nitrogens with one attached hydrogen (secondary N) is 1. The van der Waals surface area contributed by atoms with Crippen molar-refractivity contribution in [2.75, 3.05) is 0 Å². The van der Waals surface area contributed by atoms with Gasteiger partial charge in [0.15, 0.2) is 6.10 Å². The molecule has 0 aromatic heterocycles. The average Bonchev–Trinajstić information content (AvgIpc) is 2.53. The Kier molecular flexibility index (Phi) is 5.36. The number of nitrogens with two attached hydrogens (primary N) is 1. The van der Waals surface area contributed by atoms with E-state index in [9.17, 15) is 4.79 Å². The van der Waals surface area contributed by atoms with Crippen molar-refractivity contribution in [2.24, 2.45) is 5.84 Å². The maximum Gasteiger partial charge on any atom is 0.274 e. The summed E-state index contributed by atoms with van der Waals surface area (Å²) in [6.45, 7) is 1.87. The highest BCUT2D eigenvalue weighted by Gasteiger charge is 2.18. The van der Waals surface area contributed by atoms with Gasteiger partial charge >= 0.3 is 0 Å². The van der Waals surface area contributed by atoms with Crippen LogP contribution in [-0.4, -0.2) is 12.0 Å². The summed E-state index contributed by atoms with van der Waals surface area (Å²) in [4.78, 5) is 11.6. The van der Waals surface area contributed by atoms with Crippen molar-refractivity contribution in [3.63, 3.8) is 0 Å². The minimum atomic E-state index is -0.603. The number of halogens is 1. The summed E-state index contributed by atoms with van der Waals surface area (Å²) in [6.07, 6.45) is -0.0653. The highest BCUT2D eigenvalue weighted by Crippen LogP contribution is 2.31. The van der Waals surface area contributed by atoms with Gasteiger partial charge < -0.3 is 4.74 Å². The van der Waals surface area contributed by atoms with Crippen LogP contribution in [0.25, 0.3) is 11.1 Å². The van der Waals surface area contributed by atoms with E-state index < -0.39 is 6.10 Å². The molecular weight excluding hydrogens is 332 g/mol. The summed E-state index contributed by atoms with van der Waals surface area (Å²) in [7, 11) is 0. The van der Waals surface area contributed by atoms with E-state index in [1.54, 1.807) is 0 Å².